The summed E-state index contributed by atoms with van der Waals surface area (Å²) in [5, 5.41) is 2.96. The minimum atomic E-state index is -0.399. The standard InChI is InChI=1S/C19H28N2O2/c1-15(2)13-17(19(23)21-11-7-4-8-12-21)20-18(22)14-16-9-5-3-6-10-16/h3,5-6,9-10,15,17H,4,7-8,11-14H2,1-2H3,(H,20,22)/t17-/m0/s1. The van der Waals surface area contributed by atoms with Gasteiger partial charge in [-0.15, -0.1) is 0 Å². The number of nitrogens with one attached hydrogen (secondary N) is 1. The molecule has 1 aliphatic heterocycles. The number of hydrogen-bond donors (Lipinski definition) is 1. The van der Waals surface area contributed by atoms with Crippen molar-refractivity contribution in [3.8, 4) is 0 Å². The van der Waals surface area contributed by atoms with Crippen LogP contribution in [0.15, 0.2) is 30.3 Å². The van der Waals surface area contributed by atoms with Crippen molar-refractivity contribution < 1.29 is 9.59 Å². The summed E-state index contributed by atoms with van der Waals surface area (Å²) < 4.78 is 0. The fraction of sp³-hybridized carbons (Fsp3) is 0.579. The molecule has 2 amide bonds. The van der Waals surface area contributed by atoms with Gasteiger partial charge in [-0.3, -0.25) is 9.59 Å². The lowest BCUT2D eigenvalue weighted by Crippen LogP contribution is -2.50. The zero-order valence-electron chi connectivity index (χ0n) is 14.3. The molecule has 0 spiro atoms. The van der Waals surface area contributed by atoms with E-state index in [0.717, 1.165) is 31.5 Å². The van der Waals surface area contributed by atoms with Crippen LogP contribution in [0.3, 0.4) is 0 Å². The average molecular weight is 316 g/mol. The number of likely N-dealkylation sites (tertiary alicyclic amines) is 1. The van der Waals surface area contributed by atoms with E-state index in [1.807, 2.05) is 35.2 Å². The van der Waals surface area contributed by atoms with Gasteiger partial charge in [-0.2, -0.15) is 0 Å². The van der Waals surface area contributed by atoms with Crippen molar-refractivity contribution >= 4 is 11.8 Å². The smallest absolute Gasteiger partial charge is 0.245 e. The Hall–Kier alpha value is -1.84. The molecule has 1 atom stereocenters. The van der Waals surface area contributed by atoms with Crippen molar-refractivity contribution in [2.75, 3.05) is 13.1 Å². The summed E-state index contributed by atoms with van der Waals surface area (Å²) in [6.07, 6.45) is 4.34. The van der Waals surface area contributed by atoms with E-state index in [2.05, 4.69) is 19.2 Å². The van der Waals surface area contributed by atoms with E-state index in [0.29, 0.717) is 18.8 Å². The highest BCUT2D eigenvalue weighted by Crippen LogP contribution is 2.14. The molecule has 0 aliphatic carbocycles. The van der Waals surface area contributed by atoms with Crippen LogP contribution < -0.4 is 5.32 Å². The molecule has 4 nitrogen and oxygen atoms in total. The highest BCUT2D eigenvalue weighted by atomic mass is 16.2. The molecular formula is C19H28N2O2. The number of benzene rings is 1. The monoisotopic (exact) mass is 316 g/mol. The predicted octanol–water partition coefficient (Wildman–Crippen LogP) is 2.77. The Labute approximate surface area is 139 Å². The highest BCUT2D eigenvalue weighted by Gasteiger charge is 2.27. The van der Waals surface area contributed by atoms with E-state index >= 15 is 0 Å². The third-order valence-electron chi connectivity index (χ3n) is 4.22. The Morgan fingerprint density at radius 3 is 2.35 bits per heavy atom. The number of nitrogens with zero attached hydrogens (tertiary/aromatic N) is 1. The van der Waals surface area contributed by atoms with Crippen molar-refractivity contribution in [3.63, 3.8) is 0 Å². The molecule has 0 bridgehead atoms. The summed E-state index contributed by atoms with van der Waals surface area (Å²) in [6, 6.07) is 9.25. The summed E-state index contributed by atoms with van der Waals surface area (Å²) in [4.78, 5) is 27.0. The van der Waals surface area contributed by atoms with E-state index in [9.17, 15) is 9.59 Å². The van der Waals surface area contributed by atoms with Gasteiger partial charge in [0, 0.05) is 13.1 Å². The summed E-state index contributed by atoms with van der Waals surface area (Å²) in [7, 11) is 0. The normalized spacial score (nSPS) is 16.2. The molecular weight excluding hydrogens is 288 g/mol. The first-order valence-corrected chi connectivity index (χ1v) is 8.68. The minimum absolute atomic E-state index is 0.0767. The number of hydrogen-bond acceptors (Lipinski definition) is 2. The van der Waals surface area contributed by atoms with Crippen LogP contribution >= 0.6 is 0 Å². The maximum absolute atomic E-state index is 12.7. The number of amides is 2. The molecule has 1 heterocycles. The van der Waals surface area contributed by atoms with E-state index in [4.69, 9.17) is 0 Å². The molecule has 0 radical (unpaired) electrons. The molecule has 1 saturated heterocycles. The second-order valence-electron chi connectivity index (χ2n) is 6.80. The van der Waals surface area contributed by atoms with Gasteiger partial charge in [0.1, 0.15) is 6.04 Å². The van der Waals surface area contributed by atoms with Crippen LogP contribution in [0.4, 0.5) is 0 Å². The lowest BCUT2D eigenvalue weighted by atomic mass is 10.0. The van der Waals surface area contributed by atoms with Crippen molar-refractivity contribution in [1.82, 2.24) is 10.2 Å². The third kappa shape index (κ3) is 5.70. The largest absolute Gasteiger partial charge is 0.344 e. The van der Waals surface area contributed by atoms with Gasteiger partial charge < -0.3 is 10.2 Å². The Morgan fingerprint density at radius 1 is 1.09 bits per heavy atom. The van der Waals surface area contributed by atoms with Crippen LogP contribution in [0.25, 0.3) is 0 Å². The van der Waals surface area contributed by atoms with E-state index < -0.39 is 6.04 Å². The number of piperidine rings is 1. The van der Waals surface area contributed by atoms with Crippen LogP contribution in [-0.2, 0) is 16.0 Å². The summed E-state index contributed by atoms with van der Waals surface area (Å²) in [5.41, 5.74) is 0.971. The highest BCUT2D eigenvalue weighted by molar-refractivity contribution is 5.88. The SMILES string of the molecule is CC(C)C[C@H](NC(=O)Cc1ccccc1)C(=O)N1CCCCC1. The van der Waals surface area contributed by atoms with Crippen LogP contribution in [0.2, 0.25) is 0 Å². The number of rotatable bonds is 6. The molecule has 4 heteroatoms. The van der Waals surface area contributed by atoms with Gasteiger partial charge in [0.15, 0.2) is 0 Å². The van der Waals surface area contributed by atoms with Crippen molar-refractivity contribution in [3.05, 3.63) is 35.9 Å². The molecule has 0 unspecified atom stereocenters. The van der Waals surface area contributed by atoms with Gasteiger partial charge in [0.25, 0.3) is 0 Å². The first-order valence-electron chi connectivity index (χ1n) is 8.68. The predicted molar refractivity (Wildman–Crippen MR) is 92.0 cm³/mol. The minimum Gasteiger partial charge on any atom is -0.344 e. The van der Waals surface area contributed by atoms with Crippen LogP contribution in [0.1, 0.15) is 45.1 Å². The summed E-state index contributed by atoms with van der Waals surface area (Å²) in [5.74, 6) is 0.373. The molecule has 0 saturated carbocycles. The van der Waals surface area contributed by atoms with E-state index in [-0.39, 0.29) is 11.8 Å². The van der Waals surface area contributed by atoms with Crippen molar-refractivity contribution in [2.45, 2.75) is 52.0 Å². The lowest BCUT2D eigenvalue weighted by Gasteiger charge is -2.31. The quantitative estimate of drug-likeness (QED) is 0.877. The fourth-order valence-corrected chi connectivity index (χ4v) is 3.05. The molecule has 126 valence electrons. The molecule has 0 aromatic heterocycles. The lowest BCUT2D eigenvalue weighted by molar-refractivity contribution is -0.137. The van der Waals surface area contributed by atoms with Crippen LogP contribution in [-0.4, -0.2) is 35.8 Å². The zero-order chi connectivity index (χ0) is 16.7. The fourth-order valence-electron chi connectivity index (χ4n) is 3.05. The Morgan fingerprint density at radius 2 is 1.74 bits per heavy atom. The topological polar surface area (TPSA) is 49.4 Å². The van der Waals surface area contributed by atoms with E-state index in [1.165, 1.54) is 6.42 Å². The van der Waals surface area contributed by atoms with Gasteiger partial charge >= 0.3 is 0 Å². The van der Waals surface area contributed by atoms with Crippen LogP contribution in [0.5, 0.6) is 0 Å². The maximum atomic E-state index is 12.7. The van der Waals surface area contributed by atoms with Gasteiger partial charge in [0.2, 0.25) is 11.8 Å². The Balaban J connectivity index is 1.96. The molecule has 1 N–H and O–H groups in total. The van der Waals surface area contributed by atoms with Gasteiger partial charge in [-0.1, -0.05) is 44.2 Å². The maximum Gasteiger partial charge on any atom is 0.245 e. The zero-order valence-corrected chi connectivity index (χ0v) is 14.3. The van der Waals surface area contributed by atoms with Crippen LogP contribution in [0, 0.1) is 5.92 Å². The summed E-state index contributed by atoms with van der Waals surface area (Å²) >= 11 is 0. The molecule has 1 aromatic rings. The van der Waals surface area contributed by atoms with Gasteiger partial charge in [-0.25, -0.2) is 0 Å². The second-order valence-corrected chi connectivity index (χ2v) is 6.80. The average Bonchev–Trinajstić information content (AvgIpc) is 2.55. The van der Waals surface area contributed by atoms with Gasteiger partial charge in [-0.05, 0) is 37.2 Å². The molecule has 1 aromatic carbocycles. The molecule has 1 aliphatic rings. The number of carbonyl (C=O) groups excluding carboxylic acids is 2. The second kappa shape index (κ2) is 8.70. The molecule has 23 heavy (non-hydrogen) atoms. The Bertz CT molecular complexity index is 507. The van der Waals surface area contributed by atoms with Crippen molar-refractivity contribution in [2.24, 2.45) is 5.92 Å². The first kappa shape index (κ1) is 17.5. The van der Waals surface area contributed by atoms with Crippen molar-refractivity contribution in [1.29, 1.82) is 0 Å². The first-order chi connectivity index (χ1) is 11.1. The summed E-state index contributed by atoms with van der Waals surface area (Å²) in [6.45, 7) is 5.81. The third-order valence-corrected chi connectivity index (χ3v) is 4.22. The number of carbonyl (C=O) groups is 2. The van der Waals surface area contributed by atoms with Gasteiger partial charge in [0.05, 0.1) is 6.42 Å². The van der Waals surface area contributed by atoms with E-state index in [1.54, 1.807) is 0 Å². The molecule has 2 rings (SSSR count). The Kier molecular flexibility index (Phi) is 6.63. The molecule has 1 fully saturated rings.